The summed E-state index contributed by atoms with van der Waals surface area (Å²) in [6, 6.07) is 0. The Kier molecular flexibility index (Phi) is 6.22. The standard InChI is InChI=1S/C13H25N3O/c1-4-17-7-5-6-16-10-15-9-13(16)12(8-14)11(2)3/h9-12H,4-8,14H2,1-3H3. The van der Waals surface area contributed by atoms with Gasteiger partial charge in [-0.25, -0.2) is 4.98 Å². The van der Waals surface area contributed by atoms with Gasteiger partial charge < -0.3 is 15.0 Å². The number of aromatic nitrogens is 2. The Morgan fingerprint density at radius 2 is 2.24 bits per heavy atom. The molecule has 0 aliphatic heterocycles. The van der Waals surface area contributed by atoms with Crippen molar-refractivity contribution >= 4 is 0 Å². The monoisotopic (exact) mass is 239 g/mol. The molecule has 0 amide bonds. The molecule has 1 heterocycles. The molecule has 0 radical (unpaired) electrons. The summed E-state index contributed by atoms with van der Waals surface area (Å²) in [6.45, 7) is 9.65. The van der Waals surface area contributed by atoms with Crippen molar-refractivity contribution in [2.24, 2.45) is 11.7 Å². The number of nitrogens with two attached hydrogens (primary N) is 1. The zero-order valence-electron chi connectivity index (χ0n) is 11.2. The number of hydrogen-bond acceptors (Lipinski definition) is 3. The van der Waals surface area contributed by atoms with Gasteiger partial charge in [-0.15, -0.1) is 0 Å². The van der Waals surface area contributed by atoms with Crippen LogP contribution in [0.25, 0.3) is 0 Å². The maximum Gasteiger partial charge on any atom is 0.0948 e. The Morgan fingerprint density at radius 3 is 2.82 bits per heavy atom. The maximum absolute atomic E-state index is 5.84. The van der Waals surface area contributed by atoms with Crippen LogP contribution in [0.4, 0.5) is 0 Å². The van der Waals surface area contributed by atoms with Crippen LogP contribution in [0, 0.1) is 5.92 Å². The van der Waals surface area contributed by atoms with Crippen molar-refractivity contribution in [2.75, 3.05) is 19.8 Å². The highest BCUT2D eigenvalue weighted by atomic mass is 16.5. The van der Waals surface area contributed by atoms with Crippen LogP contribution in [-0.2, 0) is 11.3 Å². The van der Waals surface area contributed by atoms with Gasteiger partial charge in [0.05, 0.1) is 6.33 Å². The van der Waals surface area contributed by atoms with E-state index in [1.165, 1.54) is 5.69 Å². The summed E-state index contributed by atoms with van der Waals surface area (Å²) in [6.07, 6.45) is 4.86. The summed E-state index contributed by atoms with van der Waals surface area (Å²) in [5.74, 6) is 0.937. The number of nitrogens with zero attached hydrogens (tertiary/aromatic N) is 2. The van der Waals surface area contributed by atoms with Crippen molar-refractivity contribution < 1.29 is 4.74 Å². The van der Waals surface area contributed by atoms with Crippen LogP contribution in [-0.4, -0.2) is 29.3 Å². The Morgan fingerprint density at radius 1 is 1.47 bits per heavy atom. The van der Waals surface area contributed by atoms with Crippen molar-refractivity contribution in [3.8, 4) is 0 Å². The average Bonchev–Trinajstić information content (AvgIpc) is 2.73. The Hall–Kier alpha value is -0.870. The first-order chi connectivity index (χ1) is 8.20. The van der Waals surface area contributed by atoms with Crippen LogP contribution < -0.4 is 5.73 Å². The van der Waals surface area contributed by atoms with Crippen LogP contribution in [0.2, 0.25) is 0 Å². The van der Waals surface area contributed by atoms with Crippen LogP contribution in [0.15, 0.2) is 12.5 Å². The predicted octanol–water partition coefficient (Wildman–Crippen LogP) is 2.01. The van der Waals surface area contributed by atoms with Crippen LogP contribution in [0.1, 0.15) is 38.8 Å². The van der Waals surface area contributed by atoms with E-state index in [9.17, 15) is 0 Å². The fourth-order valence-corrected chi connectivity index (χ4v) is 2.04. The zero-order chi connectivity index (χ0) is 12.7. The highest BCUT2D eigenvalue weighted by Gasteiger charge is 2.17. The summed E-state index contributed by atoms with van der Waals surface area (Å²) in [4.78, 5) is 4.24. The summed E-state index contributed by atoms with van der Waals surface area (Å²) < 4.78 is 7.55. The molecule has 1 rings (SSSR count). The molecule has 1 aromatic heterocycles. The normalized spacial score (nSPS) is 13.2. The number of aryl methyl sites for hydroxylation is 1. The third-order valence-electron chi connectivity index (χ3n) is 3.07. The third kappa shape index (κ3) is 4.13. The van der Waals surface area contributed by atoms with Crippen molar-refractivity contribution in [1.82, 2.24) is 9.55 Å². The van der Waals surface area contributed by atoms with E-state index in [1.807, 2.05) is 19.4 Å². The van der Waals surface area contributed by atoms with Gasteiger partial charge in [-0.1, -0.05) is 13.8 Å². The summed E-state index contributed by atoms with van der Waals surface area (Å²) in [7, 11) is 0. The lowest BCUT2D eigenvalue weighted by atomic mass is 9.93. The predicted molar refractivity (Wildman–Crippen MR) is 70.0 cm³/mol. The largest absolute Gasteiger partial charge is 0.382 e. The molecule has 2 N–H and O–H groups in total. The second-order valence-electron chi connectivity index (χ2n) is 4.65. The van der Waals surface area contributed by atoms with Gasteiger partial charge in [0.15, 0.2) is 0 Å². The first-order valence-electron chi connectivity index (χ1n) is 6.48. The number of ether oxygens (including phenoxy) is 1. The van der Waals surface area contributed by atoms with Crippen molar-refractivity contribution in [1.29, 1.82) is 0 Å². The molecule has 0 aromatic carbocycles. The van der Waals surface area contributed by atoms with Gasteiger partial charge in [-0.05, 0) is 19.3 Å². The van der Waals surface area contributed by atoms with E-state index in [4.69, 9.17) is 10.5 Å². The second-order valence-corrected chi connectivity index (χ2v) is 4.65. The molecular weight excluding hydrogens is 214 g/mol. The van der Waals surface area contributed by atoms with Gasteiger partial charge in [0.1, 0.15) is 0 Å². The van der Waals surface area contributed by atoms with E-state index in [-0.39, 0.29) is 0 Å². The molecule has 0 fully saturated rings. The Balaban J connectivity index is 2.58. The summed E-state index contributed by atoms with van der Waals surface area (Å²) >= 11 is 0. The summed E-state index contributed by atoms with van der Waals surface area (Å²) in [5.41, 5.74) is 7.09. The number of imidazole rings is 1. The molecule has 98 valence electrons. The molecule has 0 spiro atoms. The minimum Gasteiger partial charge on any atom is -0.382 e. The van der Waals surface area contributed by atoms with Crippen LogP contribution in [0.5, 0.6) is 0 Å². The van der Waals surface area contributed by atoms with Gasteiger partial charge in [-0.3, -0.25) is 0 Å². The molecule has 4 nitrogen and oxygen atoms in total. The molecule has 0 saturated heterocycles. The molecule has 1 aromatic rings. The molecule has 1 unspecified atom stereocenters. The molecule has 0 aliphatic rings. The van der Waals surface area contributed by atoms with Gasteiger partial charge in [0.25, 0.3) is 0 Å². The molecule has 1 atom stereocenters. The number of hydrogen-bond donors (Lipinski definition) is 1. The highest BCUT2D eigenvalue weighted by molar-refractivity contribution is 5.08. The van der Waals surface area contributed by atoms with E-state index in [0.29, 0.717) is 18.4 Å². The fraction of sp³-hybridized carbons (Fsp3) is 0.769. The highest BCUT2D eigenvalue weighted by Crippen LogP contribution is 2.22. The SMILES string of the molecule is CCOCCCn1cncc1C(CN)C(C)C. The lowest BCUT2D eigenvalue weighted by Gasteiger charge is -2.20. The molecule has 0 saturated carbocycles. The first kappa shape index (κ1) is 14.2. The first-order valence-corrected chi connectivity index (χ1v) is 6.48. The van der Waals surface area contributed by atoms with E-state index in [2.05, 4.69) is 23.4 Å². The van der Waals surface area contributed by atoms with Crippen molar-refractivity contribution in [3.63, 3.8) is 0 Å². The van der Waals surface area contributed by atoms with E-state index >= 15 is 0 Å². The lowest BCUT2D eigenvalue weighted by molar-refractivity contribution is 0.141. The average molecular weight is 239 g/mol. The second kappa shape index (κ2) is 7.45. The Labute approximate surface area is 104 Å². The van der Waals surface area contributed by atoms with Crippen LogP contribution >= 0.6 is 0 Å². The van der Waals surface area contributed by atoms with Crippen LogP contribution in [0.3, 0.4) is 0 Å². The quantitative estimate of drug-likeness (QED) is 0.706. The minimum atomic E-state index is 0.393. The van der Waals surface area contributed by atoms with E-state index in [0.717, 1.165) is 26.2 Å². The smallest absolute Gasteiger partial charge is 0.0948 e. The van der Waals surface area contributed by atoms with Gasteiger partial charge >= 0.3 is 0 Å². The Bertz CT molecular complexity index is 309. The molecule has 0 aliphatic carbocycles. The molecule has 17 heavy (non-hydrogen) atoms. The topological polar surface area (TPSA) is 53.1 Å². The zero-order valence-corrected chi connectivity index (χ0v) is 11.2. The van der Waals surface area contributed by atoms with Crippen molar-refractivity contribution in [3.05, 3.63) is 18.2 Å². The summed E-state index contributed by atoms with van der Waals surface area (Å²) in [5, 5.41) is 0. The van der Waals surface area contributed by atoms with Gasteiger partial charge in [0, 0.05) is 44.1 Å². The molecule has 0 bridgehead atoms. The molecular formula is C13H25N3O. The molecule has 4 heteroatoms. The van der Waals surface area contributed by atoms with Crippen molar-refractivity contribution in [2.45, 2.75) is 39.7 Å². The maximum atomic E-state index is 5.84. The van der Waals surface area contributed by atoms with Gasteiger partial charge in [-0.2, -0.15) is 0 Å². The number of rotatable bonds is 8. The van der Waals surface area contributed by atoms with E-state index in [1.54, 1.807) is 0 Å². The van der Waals surface area contributed by atoms with E-state index < -0.39 is 0 Å². The minimum absolute atomic E-state index is 0.393. The fourth-order valence-electron chi connectivity index (χ4n) is 2.04. The lowest BCUT2D eigenvalue weighted by Crippen LogP contribution is -2.21. The van der Waals surface area contributed by atoms with Gasteiger partial charge in [0.2, 0.25) is 0 Å². The third-order valence-corrected chi connectivity index (χ3v) is 3.07.